The summed E-state index contributed by atoms with van der Waals surface area (Å²) in [6, 6.07) is 4.04. The van der Waals surface area contributed by atoms with Gasteiger partial charge in [0.05, 0.1) is 0 Å². The van der Waals surface area contributed by atoms with Crippen molar-refractivity contribution < 1.29 is 0 Å². The molecule has 3 nitrogen and oxygen atoms in total. The number of nitrogens with one attached hydrogen (secondary N) is 1. The SMILES string of the molecule is C=CCCNCc1cc(C#N)n(C)c1. The second kappa shape index (κ2) is 5.25. The highest BCUT2D eigenvalue weighted by atomic mass is 14.9. The molecule has 0 saturated carbocycles. The van der Waals surface area contributed by atoms with Crippen molar-refractivity contribution in [3.63, 3.8) is 0 Å². The molecule has 0 bridgehead atoms. The molecular formula is C11H15N3. The third kappa shape index (κ3) is 2.75. The quantitative estimate of drug-likeness (QED) is 0.564. The molecule has 0 aromatic carbocycles. The van der Waals surface area contributed by atoms with E-state index in [9.17, 15) is 0 Å². The normalized spacial score (nSPS) is 9.71. The Labute approximate surface area is 84.7 Å². The maximum Gasteiger partial charge on any atom is 0.120 e. The van der Waals surface area contributed by atoms with Gasteiger partial charge in [0, 0.05) is 19.8 Å². The van der Waals surface area contributed by atoms with E-state index in [4.69, 9.17) is 5.26 Å². The molecule has 0 saturated heterocycles. The molecule has 0 fully saturated rings. The van der Waals surface area contributed by atoms with Crippen LogP contribution in [0.2, 0.25) is 0 Å². The fourth-order valence-corrected chi connectivity index (χ4v) is 1.28. The molecule has 1 rings (SSSR count). The molecule has 3 heteroatoms. The van der Waals surface area contributed by atoms with Crippen molar-refractivity contribution in [1.29, 1.82) is 5.26 Å². The van der Waals surface area contributed by atoms with Crippen LogP contribution in [-0.2, 0) is 13.6 Å². The highest BCUT2D eigenvalue weighted by Crippen LogP contribution is 2.05. The molecule has 14 heavy (non-hydrogen) atoms. The summed E-state index contributed by atoms with van der Waals surface area (Å²) in [6.45, 7) is 5.39. The predicted molar refractivity (Wildman–Crippen MR) is 56.6 cm³/mol. The van der Waals surface area contributed by atoms with Crippen LogP contribution in [0, 0.1) is 11.3 Å². The van der Waals surface area contributed by atoms with Crippen molar-refractivity contribution in [2.45, 2.75) is 13.0 Å². The Kier molecular flexibility index (Phi) is 3.96. The van der Waals surface area contributed by atoms with Crippen molar-refractivity contribution in [2.75, 3.05) is 6.54 Å². The first-order chi connectivity index (χ1) is 6.77. The molecule has 0 atom stereocenters. The summed E-state index contributed by atoms with van der Waals surface area (Å²) in [5.74, 6) is 0. The van der Waals surface area contributed by atoms with Gasteiger partial charge in [0.1, 0.15) is 11.8 Å². The van der Waals surface area contributed by atoms with E-state index in [0.717, 1.165) is 25.1 Å². The summed E-state index contributed by atoms with van der Waals surface area (Å²) < 4.78 is 1.84. The Bertz CT molecular complexity index is 344. The highest BCUT2D eigenvalue weighted by Gasteiger charge is 2.00. The van der Waals surface area contributed by atoms with Gasteiger partial charge in [0.15, 0.2) is 0 Å². The Morgan fingerprint density at radius 3 is 3.07 bits per heavy atom. The van der Waals surface area contributed by atoms with Gasteiger partial charge in [-0.2, -0.15) is 5.26 Å². The maximum absolute atomic E-state index is 8.74. The zero-order valence-electron chi connectivity index (χ0n) is 8.45. The standard InChI is InChI=1S/C11H15N3/c1-3-4-5-13-8-10-6-11(7-12)14(2)9-10/h3,6,9,13H,1,4-5,8H2,2H3. The van der Waals surface area contributed by atoms with Gasteiger partial charge in [-0.25, -0.2) is 0 Å². The van der Waals surface area contributed by atoms with Gasteiger partial charge in [-0.3, -0.25) is 0 Å². The minimum absolute atomic E-state index is 0.700. The summed E-state index contributed by atoms with van der Waals surface area (Å²) in [5.41, 5.74) is 1.85. The molecule has 0 unspecified atom stereocenters. The van der Waals surface area contributed by atoms with Gasteiger partial charge in [0.2, 0.25) is 0 Å². The van der Waals surface area contributed by atoms with Crippen molar-refractivity contribution in [2.24, 2.45) is 7.05 Å². The minimum atomic E-state index is 0.700. The van der Waals surface area contributed by atoms with Gasteiger partial charge in [-0.1, -0.05) is 6.08 Å². The average molecular weight is 189 g/mol. The Balaban J connectivity index is 2.44. The van der Waals surface area contributed by atoms with Crippen LogP contribution in [0.5, 0.6) is 0 Å². The summed E-state index contributed by atoms with van der Waals surface area (Å²) in [4.78, 5) is 0. The topological polar surface area (TPSA) is 40.8 Å². The minimum Gasteiger partial charge on any atom is -0.342 e. The number of hydrogen-bond acceptors (Lipinski definition) is 2. The van der Waals surface area contributed by atoms with Gasteiger partial charge in [-0.15, -0.1) is 6.58 Å². The molecule has 74 valence electrons. The molecular weight excluding hydrogens is 174 g/mol. The van der Waals surface area contributed by atoms with E-state index >= 15 is 0 Å². The number of nitrogens with zero attached hydrogens (tertiary/aromatic N) is 2. The van der Waals surface area contributed by atoms with Crippen molar-refractivity contribution >= 4 is 0 Å². The molecule has 0 aliphatic heterocycles. The largest absolute Gasteiger partial charge is 0.342 e. The molecule has 0 aliphatic carbocycles. The first kappa shape index (κ1) is 10.6. The van der Waals surface area contributed by atoms with E-state index in [1.807, 2.05) is 30.0 Å². The van der Waals surface area contributed by atoms with E-state index in [2.05, 4.69) is 18.0 Å². The fourth-order valence-electron chi connectivity index (χ4n) is 1.28. The average Bonchev–Trinajstić information content (AvgIpc) is 2.54. The molecule has 0 radical (unpaired) electrons. The number of hydrogen-bond donors (Lipinski definition) is 1. The van der Waals surface area contributed by atoms with Crippen LogP contribution in [0.1, 0.15) is 17.7 Å². The van der Waals surface area contributed by atoms with E-state index in [-0.39, 0.29) is 0 Å². The maximum atomic E-state index is 8.74. The van der Waals surface area contributed by atoms with E-state index in [0.29, 0.717) is 5.69 Å². The van der Waals surface area contributed by atoms with E-state index < -0.39 is 0 Å². The van der Waals surface area contributed by atoms with Crippen LogP contribution in [0.25, 0.3) is 0 Å². The lowest BCUT2D eigenvalue weighted by Crippen LogP contribution is -2.13. The Morgan fingerprint density at radius 2 is 2.50 bits per heavy atom. The van der Waals surface area contributed by atoms with Gasteiger partial charge in [0.25, 0.3) is 0 Å². The number of rotatable bonds is 5. The van der Waals surface area contributed by atoms with Crippen LogP contribution in [0.3, 0.4) is 0 Å². The first-order valence-electron chi connectivity index (χ1n) is 4.65. The van der Waals surface area contributed by atoms with Gasteiger partial charge in [-0.05, 0) is 24.6 Å². The van der Waals surface area contributed by atoms with Crippen LogP contribution in [0.4, 0.5) is 0 Å². The summed E-state index contributed by atoms with van der Waals surface area (Å²) >= 11 is 0. The zero-order chi connectivity index (χ0) is 10.4. The van der Waals surface area contributed by atoms with Gasteiger partial charge >= 0.3 is 0 Å². The first-order valence-corrected chi connectivity index (χ1v) is 4.65. The molecule has 1 N–H and O–H groups in total. The Hall–Kier alpha value is -1.53. The van der Waals surface area contributed by atoms with Crippen molar-refractivity contribution in [3.8, 4) is 6.07 Å². The third-order valence-corrected chi connectivity index (χ3v) is 2.03. The van der Waals surface area contributed by atoms with Crippen molar-refractivity contribution in [1.82, 2.24) is 9.88 Å². The number of aromatic nitrogens is 1. The van der Waals surface area contributed by atoms with Gasteiger partial charge < -0.3 is 9.88 Å². The van der Waals surface area contributed by atoms with Crippen LogP contribution >= 0.6 is 0 Å². The second-order valence-corrected chi connectivity index (χ2v) is 3.21. The monoisotopic (exact) mass is 189 g/mol. The molecule has 0 aliphatic rings. The molecule has 0 amide bonds. The van der Waals surface area contributed by atoms with E-state index in [1.54, 1.807) is 0 Å². The Morgan fingerprint density at radius 1 is 1.71 bits per heavy atom. The lowest BCUT2D eigenvalue weighted by molar-refractivity contribution is 0.694. The van der Waals surface area contributed by atoms with Crippen molar-refractivity contribution in [3.05, 3.63) is 36.2 Å². The summed E-state index contributed by atoms with van der Waals surface area (Å²) in [6.07, 6.45) is 4.83. The molecule has 1 aromatic heterocycles. The molecule has 1 aromatic rings. The van der Waals surface area contributed by atoms with Crippen LogP contribution in [0.15, 0.2) is 24.9 Å². The third-order valence-electron chi connectivity index (χ3n) is 2.03. The molecule has 1 heterocycles. The smallest absolute Gasteiger partial charge is 0.120 e. The summed E-state index contributed by atoms with van der Waals surface area (Å²) in [7, 11) is 1.88. The fraction of sp³-hybridized carbons (Fsp3) is 0.364. The lowest BCUT2D eigenvalue weighted by Gasteiger charge is -1.99. The van der Waals surface area contributed by atoms with Crippen LogP contribution < -0.4 is 5.32 Å². The number of nitriles is 1. The summed E-state index contributed by atoms with van der Waals surface area (Å²) in [5, 5.41) is 12.0. The lowest BCUT2D eigenvalue weighted by atomic mass is 10.3. The van der Waals surface area contributed by atoms with E-state index in [1.165, 1.54) is 0 Å². The number of aryl methyl sites for hydroxylation is 1. The molecule has 0 spiro atoms. The highest BCUT2D eigenvalue weighted by molar-refractivity contribution is 5.28. The predicted octanol–water partition coefficient (Wildman–Crippen LogP) is 1.56. The van der Waals surface area contributed by atoms with Crippen LogP contribution in [-0.4, -0.2) is 11.1 Å². The zero-order valence-corrected chi connectivity index (χ0v) is 8.45. The second-order valence-electron chi connectivity index (χ2n) is 3.21.